The molecule has 1 saturated heterocycles. The second-order valence-corrected chi connectivity index (χ2v) is 4.90. The zero-order valence-corrected chi connectivity index (χ0v) is 7.84. The standard InChI is InChI=1S/C10H20N/c1-11(2)8-7-9-5-3-4-6-10(9)11/h9-10H,3-8H2,1-2H3/q+1. The first-order valence-electron chi connectivity index (χ1n) is 5.03. The van der Waals surface area contributed by atoms with Crippen molar-refractivity contribution in [1.29, 1.82) is 0 Å². The van der Waals surface area contributed by atoms with Crippen LogP contribution in [0.4, 0.5) is 0 Å². The average molecular weight is 154 g/mol. The van der Waals surface area contributed by atoms with Crippen molar-refractivity contribution in [3.63, 3.8) is 0 Å². The van der Waals surface area contributed by atoms with E-state index in [9.17, 15) is 0 Å². The Morgan fingerprint density at radius 3 is 2.45 bits per heavy atom. The molecule has 2 fully saturated rings. The minimum Gasteiger partial charge on any atom is -0.326 e. The van der Waals surface area contributed by atoms with Gasteiger partial charge in [-0.3, -0.25) is 0 Å². The van der Waals surface area contributed by atoms with Crippen LogP contribution in [-0.4, -0.2) is 31.2 Å². The van der Waals surface area contributed by atoms with E-state index in [0.717, 1.165) is 12.0 Å². The summed E-state index contributed by atoms with van der Waals surface area (Å²) in [6.07, 6.45) is 7.51. The van der Waals surface area contributed by atoms with E-state index in [2.05, 4.69) is 14.1 Å². The Labute approximate surface area is 70.0 Å². The highest BCUT2D eigenvalue weighted by Gasteiger charge is 2.43. The van der Waals surface area contributed by atoms with E-state index >= 15 is 0 Å². The highest BCUT2D eigenvalue weighted by Crippen LogP contribution is 2.38. The molecule has 0 aromatic carbocycles. The van der Waals surface area contributed by atoms with Crippen molar-refractivity contribution in [2.75, 3.05) is 20.6 Å². The Hall–Kier alpha value is -0.0400. The summed E-state index contributed by atoms with van der Waals surface area (Å²) in [5, 5.41) is 0. The van der Waals surface area contributed by atoms with Gasteiger partial charge in [0.1, 0.15) is 0 Å². The maximum Gasteiger partial charge on any atom is 0.0916 e. The van der Waals surface area contributed by atoms with Crippen LogP contribution in [0.3, 0.4) is 0 Å². The molecule has 0 spiro atoms. The molecule has 2 unspecified atom stereocenters. The Morgan fingerprint density at radius 1 is 1.00 bits per heavy atom. The first kappa shape index (κ1) is 7.60. The number of quaternary nitrogens is 1. The Morgan fingerprint density at radius 2 is 1.73 bits per heavy atom. The summed E-state index contributed by atoms with van der Waals surface area (Å²) in [6, 6.07) is 1.02. The fraction of sp³-hybridized carbons (Fsp3) is 1.00. The van der Waals surface area contributed by atoms with Crippen LogP contribution in [0.15, 0.2) is 0 Å². The van der Waals surface area contributed by atoms with Gasteiger partial charge >= 0.3 is 0 Å². The van der Waals surface area contributed by atoms with Gasteiger partial charge in [0.25, 0.3) is 0 Å². The monoisotopic (exact) mass is 154 g/mol. The third-order valence-electron chi connectivity index (χ3n) is 3.84. The molecule has 1 heteroatoms. The molecule has 1 aliphatic carbocycles. The van der Waals surface area contributed by atoms with Gasteiger partial charge in [0.05, 0.1) is 26.7 Å². The molecule has 2 atom stereocenters. The molecule has 0 aromatic heterocycles. The van der Waals surface area contributed by atoms with E-state index in [0.29, 0.717) is 0 Å². The lowest BCUT2D eigenvalue weighted by Crippen LogP contribution is -2.46. The lowest BCUT2D eigenvalue weighted by atomic mass is 9.85. The summed E-state index contributed by atoms with van der Waals surface area (Å²) in [5.41, 5.74) is 0. The molecule has 1 nitrogen and oxygen atoms in total. The van der Waals surface area contributed by atoms with E-state index in [1.165, 1.54) is 43.1 Å². The van der Waals surface area contributed by atoms with Crippen LogP contribution in [0.5, 0.6) is 0 Å². The number of likely N-dealkylation sites (tertiary alicyclic amines) is 1. The highest BCUT2D eigenvalue weighted by molar-refractivity contribution is 4.80. The van der Waals surface area contributed by atoms with Gasteiger partial charge < -0.3 is 4.48 Å². The van der Waals surface area contributed by atoms with Crippen molar-refractivity contribution in [1.82, 2.24) is 0 Å². The zero-order chi connectivity index (χ0) is 7.90. The predicted molar refractivity (Wildman–Crippen MR) is 47.3 cm³/mol. The quantitative estimate of drug-likeness (QED) is 0.468. The van der Waals surface area contributed by atoms with E-state index in [4.69, 9.17) is 0 Å². The van der Waals surface area contributed by atoms with E-state index < -0.39 is 0 Å². The lowest BCUT2D eigenvalue weighted by Gasteiger charge is -2.36. The van der Waals surface area contributed by atoms with Gasteiger partial charge in [0, 0.05) is 12.3 Å². The number of rotatable bonds is 0. The molecule has 0 bridgehead atoms. The van der Waals surface area contributed by atoms with Gasteiger partial charge in [0.15, 0.2) is 0 Å². The minimum absolute atomic E-state index is 1.02. The normalized spacial score (nSPS) is 42.0. The minimum atomic E-state index is 1.02. The summed E-state index contributed by atoms with van der Waals surface area (Å²) < 4.78 is 1.31. The SMILES string of the molecule is C[N+]1(C)CCC2CCCCC21. The number of nitrogens with zero attached hydrogens (tertiary/aromatic N) is 1. The molecule has 1 saturated carbocycles. The zero-order valence-electron chi connectivity index (χ0n) is 7.84. The van der Waals surface area contributed by atoms with E-state index in [1.807, 2.05) is 0 Å². The van der Waals surface area contributed by atoms with Crippen molar-refractivity contribution in [3.05, 3.63) is 0 Å². The van der Waals surface area contributed by atoms with Crippen LogP contribution in [0.1, 0.15) is 32.1 Å². The summed E-state index contributed by atoms with van der Waals surface area (Å²) in [7, 11) is 4.83. The molecule has 1 heterocycles. The maximum atomic E-state index is 2.41. The van der Waals surface area contributed by atoms with Gasteiger partial charge in [0.2, 0.25) is 0 Å². The molecule has 2 rings (SSSR count). The summed E-state index contributed by atoms with van der Waals surface area (Å²) >= 11 is 0. The average Bonchev–Trinajstić information content (AvgIpc) is 2.29. The lowest BCUT2D eigenvalue weighted by molar-refractivity contribution is -0.904. The van der Waals surface area contributed by atoms with Crippen LogP contribution < -0.4 is 0 Å². The Bertz CT molecular complexity index is 151. The Kier molecular flexibility index (Phi) is 1.71. The van der Waals surface area contributed by atoms with Gasteiger partial charge in [-0.1, -0.05) is 6.42 Å². The molecule has 1 aliphatic heterocycles. The molecule has 0 amide bonds. The van der Waals surface area contributed by atoms with Gasteiger partial charge in [-0.15, -0.1) is 0 Å². The van der Waals surface area contributed by atoms with Crippen molar-refractivity contribution < 1.29 is 4.48 Å². The maximum absolute atomic E-state index is 2.41. The number of hydrogen-bond acceptors (Lipinski definition) is 0. The third-order valence-corrected chi connectivity index (χ3v) is 3.84. The molecule has 64 valence electrons. The van der Waals surface area contributed by atoms with Crippen LogP contribution in [0, 0.1) is 5.92 Å². The second kappa shape index (κ2) is 2.48. The molecule has 0 N–H and O–H groups in total. The summed E-state index contributed by atoms with van der Waals surface area (Å²) in [6.45, 7) is 1.43. The Balaban J connectivity index is 2.10. The van der Waals surface area contributed by atoms with Crippen LogP contribution in [0.2, 0.25) is 0 Å². The summed E-state index contributed by atoms with van der Waals surface area (Å²) in [4.78, 5) is 0. The molecular weight excluding hydrogens is 134 g/mol. The van der Waals surface area contributed by atoms with Crippen LogP contribution >= 0.6 is 0 Å². The van der Waals surface area contributed by atoms with Crippen LogP contribution in [0.25, 0.3) is 0 Å². The fourth-order valence-corrected chi connectivity index (χ4v) is 3.11. The second-order valence-electron chi connectivity index (χ2n) is 4.90. The van der Waals surface area contributed by atoms with Crippen molar-refractivity contribution >= 4 is 0 Å². The van der Waals surface area contributed by atoms with E-state index in [1.54, 1.807) is 0 Å². The number of fused-ring (bicyclic) bond motifs is 1. The number of hydrogen-bond donors (Lipinski definition) is 0. The van der Waals surface area contributed by atoms with Crippen molar-refractivity contribution in [2.45, 2.75) is 38.1 Å². The summed E-state index contributed by atoms with van der Waals surface area (Å²) in [5.74, 6) is 1.08. The van der Waals surface area contributed by atoms with Crippen LogP contribution in [-0.2, 0) is 0 Å². The van der Waals surface area contributed by atoms with Crippen molar-refractivity contribution in [2.24, 2.45) is 5.92 Å². The van der Waals surface area contributed by atoms with Gasteiger partial charge in [-0.05, 0) is 19.3 Å². The van der Waals surface area contributed by atoms with Gasteiger partial charge in [-0.2, -0.15) is 0 Å². The third kappa shape index (κ3) is 1.20. The fourth-order valence-electron chi connectivity index (χ4n) is 3.11. The van der Waals surface area contributed by atoms with E-state index in [-0.39, 0.29) is 0 Å². The first-order valence-corrected chi connectivity index (χ1v) is 5.03. The first-order chi connectivity index (χ1) is 5.20. The van der Waals surface area contributed by atoms with Crippen molar-refractivity contribution in [3.8, 4) is 0 Å². The highest BCUT2D eigenvalue weighted by atomic mass is 15.4. The predicted octanol–water partition coefficient (Wildman–Crippen LogP) is 2.03. The molecule has 0 radical (unpaired) electrons. The molecule has 11 heavy (non-hydrogen) atoms. The molecule has 0 aromatic rings. The smallest absolute Gasteiger partial charge is 0.0916 e. The van der Waals surface area contributed by atoms with Gasteiger partial charge in [-0.25, -0.2) is 0 Å². The topological polar surface area (TPSA) is 0 Å². The molecule has 2 aliphatic rings. The largest absolute Gasteiger partial charge is 0.326 e. The molecular formula is C10H20N+.